The Morgan fingerprint density at radius 2 is 2.00 bits per heavy atom. The lowest BCUT2D eigenvalue weighted by molar-refractivity contribution is -0.140. The van der Waals surface area contributed by atoms with E-state index >= 15 is 0 Å². The molecule has 0 bridgehead atoms. The van der Waals surface area contributed by atoms with Gasteiger partial charge in [0.05, 0.1) is 5.01 Å². The van der Waals surface area contributed by atoms with Gasteiger partial charge in [0.2, 0.25) is 5.91 Å². The maximum atomic E-state index is 12.5. The molecular formula is C15H24F3N5OS. The Bertz CT molecular complexity index is 560. The molecule has 0 aliphatic rings. The van der Waals surface area contributed by atoms with Crippen molar-refractivity contribution in [3.63, 3.8) is 0 Å². The largest absolute Gasteiger partial charge is 0.434 e. The number of nitrogens with zero attached hydrogens (tertiary/aromatic N) is 2. The van der Waals surface area contributed by atoms with Gasteiger partial charge in [-0.05, 0) is 13.3 Å². The van der Waals surface area contributed by atoms with Crippen LogP contribution in [0.4, 0.5) is 13.2 Å². The van der Waals surface area contributed by atoms with Crippen molar-refractivity contribution in [3.8, 4) is 0 Å². The van der Waals surface area contributed by atoms with Gasteiger partial charge in [-0.1, -0.05) is 6.92 Å². The van der Waals surface area contributed by atoms with Crippen LogP contribution in [-0.4, -0.2) is 43.0 Å². The Morgan fingerprint density at radius 3 is 2.60 bits per heavy atom. The van der Waals surface area contributed by atoms with E-state index in [4.69, 9.17) is 0 Å². The Balaban J connectivity index is 2.42. The zero-order valence-electron chi connectivity index (χ0n) is 14.4. The van der Waals surface area contributed by atoms with Crippen molar-refractivity contribution < 1.29 is 18.0 Å². The molecule has 0 aliphatic heterocycles. The van der Waals surface area contributed by atoms with Crippen LogP contribution in [0.15, 0.2) is 10.4 Å². The fraction of sp³-hybridized carbons (Fsp3) is 0.667. The highest BCUT2D eigenvalue weighted by molar-refractivity contribution is 7.09. The van der Waals surface area contributed by atoms with E-state index in [1.54, 1.807) is 0 Å². The van der Waals surface area contributed by atoms with Gasteiger partial charge in [-0.2, -0.15) is 13.2 Å². The van der Waals surface area contributed by atoms with Crippen LogP contribution in [0.25, 0.3) is 0 Å². The van der Waals surface area contributed by atoms with Crippen LogP contribution in [0.5, 0.6) is 0 Å². The van der Waals surface area contributed by atoms with Gasteiger partial charge in [-0.15, -0.1) is 11.3 Å². The van der Waals surface area contributed by atoms with E-state index in [9.17, 15) is 18.0 Å². The van der Waals surface area contributed by atoms with Gasteiger partial charge in [-0.3, -0.25) is 9.79 Å². The number of amides is 1. The summed E-state index contributed by atoms with van der Waals surface area (Å²) in [6.07, 6.45) is -2.87. The molecule has 1 aromatic heterocycles. The number of thiazole rings is 1. The minimum Gasteiger partial charge on any atom is -0.357 e. The van der Waals surface area contributed by atoms with Crippen molar-refractivity contribution >= 4 is 23.2 Å². The lowest BCUT2D eigenvalue weighted by Gasteiger charge is -2.11. The summed E-state index contributed by atoms with van der Waals surface area (Å²) >= 11 is 0.977. The van der Waals surface area contributed by atoms with Crippen molar-refractivity contribution in [2.45, 2.75) is 39.3 Å². The molecule has 0 atom stereocenters. The zero-order chi connectivity index (χ0) is 18.7. The van der Waals surface area contributed by atoms with Crippen molar-refractivity contribution in [1.82, 2.24) is 20.9 Å². The number of guanidine groups is 1. The third-order valence-electron chi connectivity index (χ3n) is 3.00. The van der Waals surface area contributed by atoms with Gasteiger partial charge in [0.15, 0.2) is 11.7 Å². The Labute approximate surface area is 149 Å². The fourth-order valence-electron chi connectivity index (χ4n) is 1.81. The molecule has 25 heavy (non-hydrogen) atoms. The molecule has 0 unspecified atom stereocenters. The minimum absolute atomic E-state index is 0.0346. The Hall–Kier alpha value is -1.84. The summed E-state index contributed by atoms with van der Waals surface area (Å²) in [6, 6.07) is 0. The monoisotopic (exact) mass is 379 g/mol. The van der Waals surface area contributed by atoms with Crippen molar-refractivity contribution in [2.75, 3.05) is 26.2 Å². The standard InChI is InChI=1S/C15H24F3N5OS/c1-3-7-20-12(24)5-8-21-14(19-4-2)22-9-6-13-23-11(10-25-13)15(16,17)18/h10H,3-9H2,1-2H3,(H,20,24)(H2,19,21,22). The lowest BCUT2D eigenvalue weighted by atomic mass is 10.4. The van der Waals surface area contributed by atoms with E-state index in [2.05, 4.69) is 25.9 Å². The minimum atomic E-state index is -4.41. The molecule has 1 aromatic rings. The number of carbonyl (C=O) groups is 1. The maximum Gasteiger partial charge on any atom is 0.434 e. The molecule has 0 fully saturated rings. The zero-order valence-corrected chi connectivity index (χ0v) is 15.2. The highest BCUT2D eigenvalue weighted by atomic mass is 32.1. The summed E-state index contributed by atoms with van der Waals surface area (Å²) in [5.74, 6) is 0.492. The predicted octanol–water partition coefficient (Wildman–Crippen LogP) is 2.18. The van der Waals surface area contributed by atoms with Crippen molar-refractivity contribution in [1.29, 1.82) is 0 Å². The molecule has 0 saturated heterocycles. The van der Waals surface area contributed by atoms with Crippen LogP contribution in [0.2, 0.25) is 0 Å². The summed E-state index contributed by atoms with van der Waals surface area (Å²) in [5.41, 5.74) is -0.861. The summed E-state index contributed by atoms with van der Waals surface area (Å²) in [7, 11) is 0. The number of hydrogen-bond donors (Lipinski definition) is 3. The number of carbonyl (C=O) groups excluding carboxylic acids is 1. The number of halogens is 3. The molecule has 10 heteroatoms. The van der Waals surface area contributed by atoms with Gasteiger partial charge in [0, 0.05) is 44.4 Å². The molecule has 1 heterocycles. The van der Waals surface area contributed by atoms with E-state index in [1.807, 2.05) is 13.8 Å². The van der Waals surface area contributed by atoms with E-state index in [1.165, 1.54) is 0 Å². The molecule has 0 saturated carbocycles. The molecule has 0 aromatic carbocycles. The molecule has 1 rings (SSSR count). The van der Waals surface area contributed by atoms with Gasteiger partial charge in [0.1, 0.15) is 0 Å². The maximum absolute atomic E-state index is 12.5. The second kappa shape index (κ2) is 10.9. The number of aromatic nitrogens is 1. The first-order valence-corrected chi connectivity index (χ1v) is 9.05. The molecule has 0 aliphatic carbocycles. The number of hydrogen-bond acceptors (Lipinski definition) is 4. The average molecular weight is 379 g/mol. The van der Waals surface area contributed by atoms with Gasteiger partial charge < -0.3 is 16.0 Å². The first kappa shape index (κ1) is 21.2. The topological polar surface area (TPSA) is 78.4 Å². The average Bonchev–Trinajstić information content (AvgIpc) is 3.02. The molecule has 3 N–H and O–H groups in total. The number of rotatable bonds is 9. The number of nitrogens with one attached hydrogen (secondary N) is 3. The Morgan fingerprint density at radius 1 is 1.24 bits per heavy atom. The van der Waals surface area contributed by atoms with E-state index in [0.29, 0.717) is 50.0 Å². The molecule has 1 amide bonds. The third-order valence-corrected chi connectivity index (χ3v) is 3.91. The second-order valence-corrected chi connectivity index (χ2v) is 6.10. The SMILES string of the molecule is CCCNC(=O)CCNC(=NCCc1nc(C(F)(F)F)cs1)NCC. The van der Waals surface area contributed by atoms with Crippen LogP contribution in [0.1, 0.15) is 37.4 Å². The quantitative estimate of drug-likeness (QED) is 0.454. The molecule has 0 radical (unpaired) electrons. The van der Waals surface area contributed by atoms with Crippen LogP contribution in [-0.2, 0) is 17.4 Å². The summed E-state index contributed by atoms with van der Waals surface area (Å²) < 4.78 is 37.5. The van der Waals surface area contributed by atoms with Crippen LogP contribution < -0.4 is 16.0 Å². The molecule has 0 spiro atoms. The highest BCUT2D eigenvalue weighted by Crippen LogP contribution is 2.30. The number of alkyl halides is 3. The van der Waals surface area contributed by atoms with Crippen LogP contribution >= 0.6 is 11.3 Å². The van der Waals surface area contributed by atoms with E-state index in [0.717, 1.165) is 23.1 Å². The van der Waals surface area contributed by atoms with E-state index in [-0.39, 0.29) is 5.91 Å². The smallest absolute Gasteiger partial charge is 0.357 e. The summed E-state index contributed by atoms with van der Waals surface area (Å²) in [5, 5.41) is 10.2. The normalized spacial score (nSPS) is 12.1. The Kier molecular flexibility index (Phi) is 9.25. The van der Waals surface area contributed by atoms with Crippen molar-refractivity contribution in [2.24, 2.45) is 4.99 Å². The number of aliphatic imine (C=N–C) groups is 1. The van der Waals surface area contributed by atoms with Gasteiger partial charge >= 0.3 is 6.18 Å². The summed E-state index contributed by atoms with van der Waals surface area (Å²) in [4.78, 5) is 19.4. The van der Waals surface area contributed by atoms with Crippen LogP contribution in [0.3, 0.4) is 0 Å². The van der Waals surface area contributed by atoms with Crippen molar-refractivity contribution in [3.05, 3.63) is 16.1 Å². The molecule has 6 nitrogen and oxygen atoms in total. The lowest BCUT2D eigenvalue weighted by Crippen LogP contribution is -2.39. The van der Waals surface area contributed by atoms with E-state index < -0.39 is 11.9 Å². The summed E-state index contributed by atoms with van der Waals surface area (Å²) in [6.45, 7) is 5.92. The molecule has 142 valence electrons. The third kappa shape index (κ3) is 8.71. The first-order chi connectivity index (χ1) is 11.9. The van der Waals surface area contributed by atoms with Crippen LogP contribution in [0, 0.1) is 0 Å². The fourth-order valence-corrected chi connectivity index (χ4v) is 2.60. The molecular weight excluding hydrogens is 355 g/mol. The highest BCUT2D eigenvalue weighted by Gasteiger charge is 2.33. The first-order valence-electron chi connectivity index (χ1n) is 8.17. The van der Waals surface area contributed by atoms with Gasteiger partial charge in [-0.25, -0.2) is 4.98 Å². The van der Waals surface area contributed by atoms with Gasteiger partial charge in [0.25, 0.3) is 0 Å². The predicted molar refractivity (Wildman–Crippen MR) is 92.7 cm³/mol. The second-order valence-electron chi connectivity index (χ2n) is 5.16.